The highest BCUT2D eigenvalue weighted by atomic mass is 79.9. The van der Waals surface area contributed by atoms with Crippen molar-refractivity contribution in [2.75, 3.05) is 13.1 Å². The molecule has 0 amide bonds. The van der Waals surface area contributed by atoms with Crippen molar-refractivity contribution in [2.24, 2.45) is 10.9 Å². The number of halogens is 1. The van der Waals surface area contributed by atoms with Crippen molar-refractivity contribution in [3.05, 3.63) is 12.2 Å². The summed E-state index contributed by atoms with van der Waals surface area (Å²) < 4.78 is 4.74. The van der Waals surface area contributed by atoms with Gasteiger partial charge in [0.15, 0.2) is 4.32 Å². The third-order valence-electron chi connectivity index (χ3n) is 3.64. The van der Waals surface area contributed by atoms with Gasteiger partial charge in [-0.25, -0.2) is 0 Å². The van der Waals surface area contributed by atoms with Crippen molar-refractivity contribution in [1.29, 1.82) is 0 Å². The van der Waals surface area contributed by atoms with E-state index in [0.717, 1.165) is 25.9 Å². The lowest BCUT2D eigenvalue weighted by molar-refractivity contribution is -0.157. The number of ether oxygens (including phenoxy) is 1. The van der Waals surface area contributed by atoms with E-state index in [1.165, 1.54) is 0 Å². The highest BCUT2D eigenvalue weighted by Crippen LogP contribution is 2.38. The molecular formula is C15H23BrN2O2. The van der Waals surface area contributed by atoms with Gasteiger partial charge in [-0.05, 0) is 58.7 Å². The predicted octanol–water partition coefficient (Wildman–Crippen LogP) is 2.47. The monoisotopic (exact) mass is 342 g/mol. The number of aliphatic imine (C=N–C) groups is 1. The molecule has 1 N–H and O–H groups in total. The minimum Gasteiger partial charge on any atom is -0.459 e. The summed E-state index contributed by atoms with van der Waals surface area (Å²) in [5, 5.41) is 3.35. The minimum absolute atomic E-state index is 0.0931. The van der Waals surface area contributed by atoms with Crippen LogP contribution in [0.25, 0.3) is 0 Å². The SMILES string of the molecule is CC(C)(C)OC(=O)C1(Br)C=CC=NC1C1CCNCC1. The Morgan fingerprint density at radius 1 is 1.40 bits per heavy atom. The fraction of sp³-hybridized carbons (Fsp3) is 0.733. The first-order valence-corrected chi connectivity index (χ1v) is 7.96. The molecule has 112 valence electrons. The van der Waals surface area contributed by atoms with Crippen LogP contribution >= 0.6 is 15.9 Å². The van der Waals surface area contributed by atoms with Gasteiger partial charge in [0.25, 0.3) is 0 Å². The van der Waals surface area contributed by atoms with E-state index in [-0.39, 0.29) is 12.0 Å². The van der Waals surface area contributed by atoms with Crippen molar-refractivity contribution in [3.63, 3.8) is 0 Å². The predicted molar refractivity (Wildman–Crippen MR) is 84.5 cm³/mol. The van der Waals surface area contributed by atoms with Gasteiger partial charge in [0.1, 0.15) is 5.60 Å². The van der Waals surface area contributed by atoms with E-state index in [0.29, 0.717) is 5.92 Å². The number of rotatable bonds is 2. The van der Waals surface area contributed by atoms with Crippen LogP contribution in [0.2, 0.25) is 0 Å². The fourth-order valence-corrected chi connectivity index (χ4v) is 3.43. The van der Waals surface area contributed by atoms with Gasteiger partial charge in [-0.2, -0.15) is 0 Å². The molecule has 0 aromatic carbocycles. The zero-order valence-corrected chi connectivity index (χ0v) is 13.9. The average molecular weight is 343 g/mol. The average Bonchev–Trinajstić information content (AvgIpc) is 2.38. The summed E-state index contributed by atoms with van der Waals surface area (Å²) in [4.78, 5) is 17.1. The zero-order chi connectivity index (χ0) is 14.8. The molecule has 4 nitrogen and oxygen atoms in total. The Labute approximate surface area is 129 Å². The molecule has 20 heavy (non-hydrogen) atoms. The van der Waals surface area contributed by atoms with Gasteiger partial charge < -0.3 is 10.1 Å². The molecule has 5 heteroatoms. The van der Waals surface area contributed by atoms with Gasteiger partial charge in [0.2, 0.25) is 0 Å². The molecule has 1 fully saturated rings. The van der Waals surface area contributed by atoms with Gasteiger partial charge in [0.05, 0.1) is 6.04 Å². The number of hydrogen-bond donors (Lipinski definition) is 1. The maximum Gasteiger partial charge on any atom is 0.329 e. The van der Waals surface area contributed by atoms with Gasteiger partial charge in [-0.1, -0.05) is 22.0 Å². The number of carbonyl (C=O) groups excluding carboxylic acids is 1. The van der Waals surface area contributed by atoms with Crippen LogP contribution in [0.3, 0.4) is 0 Å². The van der Waals surface area contributed by atoms with Gasteiger partial charge in [-0.3, -0.25) is 9.79 Å². The fourth-order valence-electron chi connectivity index (χ4n) is 2.70. The molecule has 2 rings (SSSR count). The molecule has 0 spiro atoms. The summed E-state index contributed by atoms with van der Waals surface area (Å²) in [7, 11) is 0. The number of dihydropyridines is 1. The van der Waals surface area contributed by atoms with Crippen molar-refractivity contribution in [3.8, 4) is 0 Å². The number of hydrogen-bond acceptors (Lipinski definition) is 4. The Morgan fingerprint density at radius 3 is 2.65 bits per heavy atom. The normalized spacial score (nSPS) is 31.3. The summed E-state index contributed by atoms with van der Waals surface area (Å²) in [5.41, 5.74) is -0.495. The van der Waals surface area contributed by atoms with Crippen molar-refractivity contribution < 1.29 is 9.53 Å². The number of carbonyl (C=O) groups is 1. The molecule has 0 bridgehead atoms. The van der Waals surface area contributed by atoms with Gasteiger partial charge in [-0.15, -0.1) is 0 Å². The quantitative estimate of drug-likeness (QED) is 0.619. The number of allylic oxidation sites excluding steroid dienone is 1. The molecular weight excluding hydrogens is 320 g/mol. The van der Waals surface area contributed by atoms with Gasteiger partial charge in [0, 0.05) is 6.21 Å². The van der Waals surface area contributed by atoms with Crippen LogP contribution < -0.4 is 5.32 Å². The van der Waals surface area contributed by atoms with Crippen LogP contribution in [-0.4, -0.2) is 41.2 Å². The maximum absolute atomic E-state index is 12.6. The standard InChI is InChI=1S/C15H23BrN2O2/c1-14(2,3)20-13(19)15(16)7-4-8-18-12(15)11-5-9-17-10-6-11/h4,7-8,11-12,17H,5-6,9-10H2,1-3H3. The molecule has 2 unspecified atom stereocenters. The molecule has 0 aromatic heterocycles. The summed E-state index contributed by atoms with van der Waals surface area (Å²) >= 11 is 3.62. The number of esters is 1. The third-order valence-corrected chi connectivity index (χ3v) is 4.70. The van der Waals surface area contributed by atoms with Crippen LogP contribution in [-0.2, 0) is 9.53 Å². The second-order valence-electron chi connectivity index (χ2n) is 6.46. The van der Waals surface area contributed by atoms with E-state index in [1.54, 1.807) is 6.21 Å². The molecule has 2 atom stereocenters. The van der Waals surface area contributed by atoms with E-state index in [4.69, 9.17) is 4.74 Å². The summed E-state index contributed by atoms with van der Waals surface area (Å²) in [6, 6.07) is -0.0931. The van der Waals surface area contributed by atoms with Crippen LogP contribution in [0.5, 0.6) is 0 Å². The summed E-state index contributed by atoms with van der Waals surface area (Å²) in [6.07, 6.45) is 7.55. The second-order valence-corrected chi connectivity index (χ2v) is 7.77. The first-order chi connectivity index (χ1) is 9.33. The van der Waals surface area contributed by atoms with Gasteiger partial charge >= 0.3 is 5.97 Å². The lowest BCUT2D eigenvalue weighted by Crippen LogP contribution is -2.51. The Kier molecular flexibility index (Phi) is 4.69. The van der Waals surface area contributed by atoms with E-state index in [2.05, 4.69) is 26.2 Å². The zero-order valence-electron chi connectivity index (χ0n) is 12.4. The van der Waals surface area contributed by atoms with E-state index in [1.807, 2.05) is 32.9 Å². The highest BCUT2D eigenvalue weighted by molar-refractivity contribution is 9.10. The molecule has 0 saturated carbocycles. The van der Waals surface area contributed by atoms with Crippen molar-refractivity contribution in [1.82, 2.24) is 5.32 Å². The number of nitrogens with zero attached hydrogens (tertiary/aromatic N) is 1. The number of piperidine rings is 1. The number of nitrogens with one attached hydrogen (secondary N) is 1. The largest absolute Gasteiger partial charge is 0.459 e. The Balaban J connectivity index is 2.19. The second kappa shape index (κ2) is 5.98. The van der Waals surface area contributed by atoms with Crippen LogP contribution in [0, 0.1) is 5.92 Å². The Bertz CT molecular complexity index is 422. The summed E-state index contributed by atoms with van der Waals surface area (Å²) in [5.74, 6) is 0.144. The van der Waals surface area contributed by atoms with Crippen LogP contribution in [0.1, 0.15) is 33.6 Å². The lowest BCUT2D eigenvalue weighted by Gasteiger charge is -2.38. The first kappa shape index (κ1) is 15.7. The van der Waals surface area contributed by atoms with Crippen LogP contribution in [0.4, 0.5) is 0 Å². The molecule has 0 aliphatic carbocycles. The smallest absolute Gasteiger partial charge is 0.329 e. The minimum atomic E-state index is -0.836. The third kappa shape index (κ3) is 3.50. The maximum atomic E-state index is 12.6. The summed E-state index contributed by atoms with van der Waals surface area (Å²) in [6.45, 7) is 7.62. The highest BCUT2D eigenvalue weighted by Gasteiger charge is 2.48. The lowest BCUT2D eigenvalue weighted by atomic mass is 9.81. The molecule has 2 aliphatic heterocycles. The van der Waals surface area contributed by atoms with E-state index < -0.39 is 9.93 Å². The van der Waals surface area contributed by atoms with E-state index in [9.17, 15) is 4.79 Å². The Morgan fingerprint density at radius 2 is 2.05 bits per heavy atom. The number of alkyl halides is 1. The van der Waals surface area contributed by atoms with Crippen molar-refractivity contribution >= 4 is 28.1 Å². The topological polar surface area (TPSA) is 50.7 Å². The molecule has 1 saturated heterocycles. The van der Waals surface area contributed by atoms with Crippen LogP contribution in [0.15, 0.2) is 17.1 Å². The molecule has 2 heterocycles. The Hall–Kier alpha value is -0.680. The molecule has 0 radical (unpaired) electrons. The van der Waals surface area contributed by atoms with E-state index >= 15 is 0 Å². The molecule has 0 aromatic rings. The van der Waals surface area contributed by atoms with Crippen molar-refractivity contribution in [2.45, 2.75) is 49.6 Å². The molecule has 2 aliphatic rings. The first-order valence-electron chi connectivity index (χ1n) is 7.17.